The molecule has 0 aliphatic heterocycles. The number of carbonyl (C=O) groups excluding carboxylic acids is 2. The van der Waals surface area contributed by atoms with Crippen molar-refractivity contribution < 1.29 is 19.1 Å². The highest BCUT2D eigenvalue weighted by Gasteiger charge is 2.13. The topological polar surface area (TPSA) is 103 Å². The number of rotatable bonds is 8. The third kappa shape index (κ3) is 7.26. The number of hydrogen-bond donors (Lipinski definition) is 3. The van der Waals surface area contributed by atoms with E-state index in [0.29, 0.717) is 6.54 Å². The van der Waals surface area contributed by atoms with Crippen LogP contribution in [0.3, 0.4) is 0 Å². The Morgan fingerprint density at radius 3 is 2.36 bits per heavy atom. The van der Waals surface area contributed by atoms with Gasteiger partial charge in [0.25, 0.3) is 0 Å². The summed E-state index contributed by atoms with van der Waals surface area (Å²) in [4.78, 5) is 23.1. The van der Waals surface area contributed by atoms with Crippen molar-refractivity contribution in [2.45, 2.75) is 12.6 Å². The molecule has 0 heterocycles. The fourth-order valence-corrected chi connectivity index (χ4v) is 1.56. The van der Waals surface area contributed by atoms with E-state index in [4.69, 9.17) is 15.2 Å². The van der Waals surface area contributed by atoms with Crippen molar-refractivity contribution in [1.29, 1.82) is 0 Å². The second-order valence-electron chi connectivity index (χ2n) is 4.40. The highest BCUT2D eigenvalue weighted by Crippen LogP contribution is 2.10. The Morgan fingerprint density at radius 2 is 1.82 bits per heavy atom. The van der Waals surface area contributed by atoms with Gasteiger partial charge in [0, 0.05) is 13.7 Å². The Labute approximate surface area is 135 Å². The molecule has 124 valence electrons. The molecular weight excluding hydrogens is 310 g/mol. The maximum absolute atomic E-state index is 11.6. The van der Waals surface area contributed by atoms with E-state index in [0.717, 1.165) is 11.3 Å². The Bertz CT molecular complexity index is 468. The Morgan fingerprint density at radius 1 is 1.18 bits per heavy atom. The van der Waals surface area contributed by atoms with E-state index in [1.807, 2.05) is 24.3 Å². The number of amides is 2. The van der Waals surface area contributed by atoms with Crippen molar-refractivity contribution in [1.82, 2.24) is 10.6 Å². The van der Waals surface area contributed by atoms with E-state index in [2.05, 4.69) is 10.6 Å². The molecule has 0 radical (unpaired) electrons. The van der Waals surface area contributed by atoms with Crippen LogP contribution >= 0.6 is 12.4 Å². The zero-order chi connectivity index (χ0) is 15.7. The van der Waals surface area contributed by atoms with Gasteiger partial charge in [0.2, 0.25) is 11.8 Å². The van der Waals surface area contributed by atoms with Gasteiger partial charge in [0.05, 0.1) is 20.3 Å². The van der Waals surface area contributed by atoms with Gasteiger partial charge < -0.3 is 25.8 Å². The normalized spacial score (nSPS) is 11.0. The fourth-order valence-electron chi connectivity index (χ4n) is 1.56. The van der Waals surface area contributed by atoms with Crippen LogP contribution in [-0.4, -0.2) is 45.2 Å². The highest BCUT2D eigenvalue weighted by molar-refractivity contribution is 5.87. The number of benzene rings is 1. The first kappa shape index (κ1) is 20.2. The summed E-state index contributed by atoms with van der Waals surface area (Å²) < 4.78 is 9.80. The van der Waals surface area contributed by atoms with Crippen LogP contribution in [-0.2, 0) is 20.9 Å². The fraction of sp³-hybridized carbons (Fsp3) is 0.429. The zero-order valence-electron chi connectivity index (χ0n) is 12.6. The average Bonchev–Trinajstić information content (AvgIpc) is 2.51. The van der Waals surface area contributed by atoms with Gasteiger partial charge in [-0.15, -0.1) is 12.4 Å². The Kier molecular flexibility index (Phi) is 9.93. The van der Waals surface area contributed by atoms with Gasteiger partial charge in [-0.3, -0.25) is 9.59 Å². The molecule has 1 atom stereocenters. The lowest BCUT2D eigenvalue weighted by atomic mass is 10.2. The van der Waals surface area contributed by atoms with E-state index >= 15 is 0 Å². The average molecular weight is 332 g/mol. The van der Waals surface area contributed by atoms with Gasteiger partial charge in [0.1, 0.15) is 11.8 Å². The Hall–Kier alpha value is -1.83. The van der Waals surface area contributed by atoms with E-state index in [-0.39, 0.29) is 31.5 Å². The summed E-state index contributed by atoms with van der Waals surface area (Å²) in [6, 6.07) is 6.56. The van der Waals surface area contributed by atoms with Crippen molar-refractivity contribution in [3.8, 4) is 5.75 Å². The summed E-state index contributed by atoms with van der Waals surface area (Å²) in [6.45, 7) is 0.370. The molecule has 1 unspecified atom stereocenters. The van der Waals surface area contributed by atoms with Crippen molar-refractivity contribution >= 4 is 24.2 Å². The zero-order valence-corrected chi connectivity index (χ0v) is 13.4. The summed E-state index contributed by atoms with van der Waals surface area (Å²) in [5.74, 6) is 0.0460. The van der Waals surface area contributed by atoms with Crippen molar-refractivity contribution in [3.05, 3.63) is 29.8 Å². The minimum Gasteiger partial charge on any atom is -0.497 e. The summed E-state index contributed by atoms with van der Waals surface area (Å²) in [7, 11) is 3.04. The predicted octanol–water partition coefficient (Wildman–Crippen LogP) is -0.177. The molecule has 0 aliphatic rings. The molecule has 22 heavy (non-hydrogen) atoms. The molecule has 1 aromatic rings. The van der Waals surface area contributed by atoms with Crippen LogP contribution in [0, 0.1) is 0 Å². The molecule has 0 spiro atoms. The summed E-state index contributed by atoms with van der Waals surface area (Å²) >= 11 is 0. The minimum absolute atomic E-state index is 0. The molecule has 0 saturated heterocycles. The number of carbonyl (C=O) groups is 2. The number of nitrogens with two attached hydrogens (primary N) is 1. The number of methoxy groups -OCH3 is 2. The second-order valence-corrected chi connectivity index (χ2v) is 4.40. The lowest BCUT2D eigenvalue weighted by molar-refractivity contribution is -0.127. The number of hydrogen-bond acceptors (Lipinski definition) is 5. The minimum atomic E-state index is -0.774. The lowest BCUT2D eigenvalue weighted by Crippen LogP contribution is -2.46. The molecule has 0 fully saturated rings. The van der Waals surface area contributed by atoms with Gasteiger partial charge in [-0.25, -0.2) is 0 Å². The molecule has 8 heteroatoms. The third-order valence-electron chi connectivity index (χ3n) is 2.75. The molecule has 2 amide bonds. The van der Waals surface area contributed by atoms with Crippen molar-refractivity contribution in [3.63, 3.8) is 0 Å². The molecular formula is C14H22ClN3O4. The van der Waals surface area contributed by atoms with E-state index in [9.17, 15) is 9.59 Å². The molecule has 0 aromatic heterocycles. The van der Waals surface area contributed by atoms with Crippen LogP contribution in [0.4, 0.5) is 0 Å². The first-order chi connectivity index (χ1) is 10.1. The van der Waals surface area contributed by atoms with Crippen LogP contribution in [0.15, 0.2) is 24.3 Å². The van der Waals surface area contributed by atoms with E-state index in [1.54, 1.807) is 7.11 Å². The smallest absolute Gasteiger partial charge is 0.239 e. The van der Waals surface area contributed by atoms with E-state index in [1.165, 1.54) is 7.11 Å². The summed E-state index contributed by atoms with van der Waals surface area (Å²) in [5, 5.41) is 5.14. The molecule has 1 rings (SSSR count). The molecule has 7 nitrogen and oxygen atoms in total. The predicted molar refractivity (Wildman–Crippen MR) is 84.9 cm³/mol. The van der Waals surface area contributed by atoms with Gasteiger partial charge in [-0.2, -0.15) is 0 Å². The maximum atomic E-state index is 11.6. The first-order valence-corrected chi connectivity index (χ1v) is 6.48. The molecule has 0 aliphatic carbocycles. The lowest BCUT2D eigenvalue weighted by Gasteiger charge is -2.11. The third-order valence-corrected chi connectivity index (χ3v) is 2.75. The van der Waals surface area contributed by atoms with Crippen molar-refractivity contribution in [2.75, 3.05) is 27.4 Å². The molecule has 4 N–H and O–H groups in total. The highest BCUT2D eigenvalue weighted by atomic mass is 35.5. The summed E-state index contributed by atoms with van der Waals surface area (Å²) in [5.41, 5.74) is 6.46. The van der Waals surface area contributed by atoms with Gasteiger partial charge in [-0.1, -0.05) is 12.1 Å². The van der Waals surface area contributed by atoms with E-state index < -0.39 is 11.9 Å². The van der Waals surface area contributed by atoms with Gasteiger partial charge in [-0.05, 0) is 17.7 Å². The van der Waals surface area contributed by atoms with Crippen LogP contribution in [0.2, 0.25) is 0 Å². The van der Waals surface area contributed by atoms with Crippen LogP contribution in [0.1, 0.15) is 5.56 Å². The molecule has 0 saturated carbocycles. The van der Waals surface area contributed by atoms with Crippen LogP contribution in [0.5, 0.6) is 5.75 Å². The van der Waals surface area contributed by atoms with Crippen LogP contribution < -0.4 is 21.1 Å². The first-order valence-electron chi connectivity index (χ1n) is 6.48. The molecule has 0 bridgehead atoms. The maximum Gasteiger partial charge on any atom is 0.239 e. The summed E-state index contributed by atoms with van der Waals surface area (Å²) in [6.07, 6.45) is 0. The Balaban J connectivity index is 0.00000441. The number of ether oxygens (including phenoxy) is 2. The largest absolute Gasteiger partial charge is 0.497 e. The SMILES string of the molecule is COCC(N)C(=O)NCC(=O)NCc1ccc(OC)cc1.Cl. The number of nitrogens with one attached hydrogen (secondary N) is 2. The quantitative estimate of drug-likeness (QED) is 0.613. The van der Waals surface area contributed by atoms with Gasteiger partial charge in [0.15, 0.2) is 0 Å². The standard InChI is InChI=1S/C14H21N3O4.ClH/c1-20-9-12(15)14(19)17-8-13(18)16-7-10-3-5-11(21-2)6-4-10;/h3-6,12H,7-9,15H2,1-2H3,(H,16,18)(H,17,19);1H. The monoisotopic (exact) mass is 331 g/mol. The molecule has 1 aromatic carbocycles. The van der Waals surface area contributed by atoms with Crippen molar-refractivity contribution in [2.24, 2.45) is 5.73 Å². The van der Waals surface area contributed by atoms with Crippen LogP contribution in [0.25, 0.3) is 0 Å². The number of halogens is 1. The van der Waals surface area contributed by atoms with Gasteiger partial charge >= 0.3 is 0 Å². The second kappa shape index (κ2) is 10.8.